The Hall–Kier alpha value is -2.11. The van der Waals surface area contributed by atoms with E-state index in [4.69, 9.17) is 4.74 Å². The number of nitrogens with zero attached hydrogens (tertiary/aromatic N) is 2. The smallest absolute Gasteiger partial charge is 0.243 e. The summed E-state index contributed by atoms with van der Waals surface area (Å²) in [6.07, 6.45) is 8.20. The molecule has 0 bridgehead atoms. The molecule has 1 aromatic rings. The van der Waals surface area contributed by atoms with Crippen LogP contribution in [0.2, 0.25) is 0 Å². The van der Waals surface area contributed by atoms with E-state index in [1.165, 1.54) is 12.8 Å². The van der Waals surface area contributed by atoms with Crippen molar-refractivity contribution in [2.24, 2.45) is 5.92 Å². The summed E-state index contributed by atoms with van der Waals surface area (Å²) in [6, 6.07) is 3.43. The predicted molar refractivity (Wildman–Crippen MR) is 98.5 cm³/mol. The van der Waals surface area contributed by atoms with Crippen molar-refractivity contribution < 1.29 is 14.3 Å². The molecule has 2 amide bonds. The average Bonchev–Trinajstić information content (AvgIpc) is 3.31. The summed E-state index contributed by atoms with van der Waals surface area (Å²) >= 11 is 0. The van der Waals surface area contributed by atoms with Gasteiger partial charge in [-0.15, -0.1) is 0 Å². The van der Waals surface area contributed by atoms with Gasteiger partial charge in [0, 0.05) is 31.3 Å². The number of carbonyl (C=O) groups excluding carboxylic acids is 2. The molecule has 1 aromatic heterocycles. The van der Waals surface area contributed by atoms with Crippen LogP contribution in [-0.4, -0.2) is 40.4 Å². The average molecular weight is 359 g/mol. The van der Waals surface area contributed by atoms with Crippen LogP contribution >= 0.6 is 0 Å². The molecule has 6 heteroatoms. The minimum absolute atomic E-state index is 0.0545. The Labute approximate surface area is 155 Å². The second kappa shape index (κ2) is 8.52. The van der Waals surface area contributed by atoms with Crippen molar-refractivity contribution in [3.05, 3.63) is 23.9 Å². The van der Waals surface area contributed by atoms with E-state index in [-0.39, 0.29) is 29.9 Å². The third-order valence-corrected chi connectivity index (χ3v) is 5.19. The summed E-state index contributed by atoms with van der Waals surface area (Å²) in [5.41, 5.74) is 0.959. The van der Waals surface area contributed by atoms with Crippen LogP contribution in [0.4, 0.5) is 0 Å². The topological polar surface area (TPSA) is 71.5 Å². The van der Waals surface area contributed by atoms with E-state index in [9.17, 15) is 9.59 Å². The zero-order chi connectivity index (χ0) is 18.5. The highest BCUT2D eigenvalue weighted by Gasteiger charge is 2.34. The number of amides is 2. The minimum Gasteiger partial charge on any atom is -0.474 e. The van der Waals surface area contributed by atoms with E-state index in [1.54, 1.807) is 11.1 Å². The van der Waals surface area contributed by atoms with Crippen LogP contribution in [-0.2, 0) is 16.1 Å². The molecule has 2 heterocycles. The number of carbonyl (C=O) groups is 2. The molecule has 1 saturated heterocycles. The Bertz CT molecular complexity index is 641. The van der Waals surface area contributed by atoms with Gasteiger partial charge in [0.05, 0.1) is 0 Å². The first-order valence-corrected chi connectivity index (χ1v) is 9.74. The predicted octanol–water partition coefficient (Wildman–Crippen LogP) is 2.67. The lowest BCUT2D eigenvalue weighted by atomic mass is 10.1. The highest BCUT2D eigenvalue weighted by atomic mass is 16.5. The molecule has 6 nitrogen and oxygen atoms in total. The van der Waals surface area contributed by atoms with Gasteiger partial charge in [0.1, 0.15) is 12.1 Å². The number of rotatable bonds is 6. The molecule has 1 aliphatic carbocycles. The molecular formula is C20H29N3O3. The molecule has 1 saturated carbocycles. The van der Waals surface area contributed by atoms with E-state index >= 15 is 0 Å². The fraction of sp³-hybridized carbons (Fsp3) is 0.650. The largest absolute Gasteiger partial charge is 0.474 e. The zero-order valence-corrected chi connectivity index (χ0v) is 15.7. The van der Waals surface area contributed by atoms with E-state index in [0.29, 0.717) is 19.0 Å². The van der Waals surface area contributed by atoms with Gasteiger partial charge in [0.25, 0.3) is 0 Å². The van der Waals surface area contributed by atoms with Crippen LogP contribution in [0.3, 0.4) is 0 Å². The van der Waals surface area contributed by atoms with Gasteiger partial charge < -0.3 is 15.0 Å². The number of ether oxygens (including phenoxy) is 1. The molecule has 2 aliphatic rings. The lowest BCUT2D eigenvalue weighted by Gasteiger charge is -2.25. The van der Waals surface area contributed by atoms with Gasteiger partial charge in [0.15, 0.2) is 0 Å². The van der Waals surface area contributed by atoms with E-state index in [0.717, 1.165) is 31.2 Å². The first-order valence-electron chi connectivity index (χ1n) is 9.74. The summed E-state index contributed by atoms with van der Waals surface area (Å²) in [6.45, 7) is 4.84. The number of nitrogens with one attached hydrogen (secondary N) is 1. The zero-order valence-electron chi connectivity index (χ0n) is 15.7. The van der Waals surface area contributed by atoms with E-state index in [1.807, 2.05) is 26.0 Å². The van der Waals surface area contributed by atoms with Gasteiger partial charge in [-0.25, -0.2) is 4.98 Å². The van der Waals surface area contributed by atoms with Crippen LogP contribution in [0.15, 0.2) is 18.3 Å². The summed E-state index contributed by atoms with van der Waals surface area (Å²) in [5.74, 6) is 0.519. The third kappa shape index (κ3) is 4.54. The minimum atomic E-state index is -0.346. The van der Waals surface area contributed by atoms with Crippen molar-refractivity contribution >= 4 is 11.8 Å². The quantitative estimate of drug-likeness (QED) is 0.848. The Balaban J connectivity index is 1.54. The fourth-order valence-corrected chi connectivity index (χ4v) is 3.74. The number of pyridine rings is 1. The molecule has 1 atom stereocenters. The summed E-state index contributed by atoms with van der Waals surface area (Å²) in [5, 5.41) is 2.97. The highest BCUT2D eigenvalue weighted by Crippen LogP contribution is 2.23. The standard InChI is InChI=1S/C20H29N3O3/c1-14(2)20(25)23-11-5-8-17(23)19(24)22-13-15-9-10-21-18(12-15)26-16-6-3-4-7-16/h9-10,12,14,16-17H,3-8,11,13H2,1-2H3,(H,22,24). The summed E-state index contributed by atoms with van der Waals surface area (Å²) in [4.78, 5) is 30.8. The SMILES string of the molecule is CC(C)C(=O)N1CCCC1C(=O)NCc1ccnc(OC2CCCC2)c1. The molecule has 1 aliphatic heterocycles. The molecule has 142 valence electrons. The Morgan fingerprint density at radius 3 is 2.77 bits per heavy atom. The molecule has 1 N–H and O–H groups in total. The molecule has 1 unspecified atom stereocenters. The normalized spacial score (nSPS) is 20.6. The molecule has 3 rings (SSSR count). The Morgan fingerprint density at radius 1 is 1.27 bits per heavy atom. The first-order chi connectivity index (χ1) is 12.5. The van der Waals surface area contributed by atoms with Gasteiger partial charge in [-0.3, -0.25) is 9.59 Å². The molecule has 26 heavy (non-hydrogen) atoms. The number of hydrogen-bond donors (Lipinski definition) is 1. The van der Waals surface area contributed by atoms with Crippen molar-refractivity contribution in [1.29, 1.82) is 0 Å². The van der Waals surface area contributed by atoms with Gasteiger partial charge in [-0.05, 0) is 50.2 Å². The van der Waals surface area contributed by atoms with Gasteiger partial charge >= 0.3 is 0 Å². The second-order valence-electron chi connectivity index (χ2n) is 7.59. The molecule has 2 fully saturated rings. The molecule has 0 spiro atoms. The summed E-state index contributed by atoms with van der Waals surface area (Å²) in [7, 11) is 0. The lowest BCUT2D eigenvalue weighted by Crippen LogP contribution is -2.47. The van der Waals surface area contributed by atoms with Crippen molar-refractivity contribution in [1.82, 2.24) is 15.2 Å². The fourth-order valence-electron chi connectivity index (χ4n) is 3.74. The second-order valence-corrected chi connectivity index (χ2v) is 7.59. The van der Waals surface area contributed by atoms with Gasteiger partial charge in [-0.2, -0.15) is 0 Å². The van der Waals surface area contributed by atoms with Crippen molar-refractivity contribution in [3.63, 3.8) is 0 Å². The Kier molecular flexibility index (Phi) is 6.12. The third-order valence-electron chi connectivity index (χ3n) is 5.19. The lowest BCUT2D eigenvalue weighted by molar-refractivity contribution is -0.140. The van der Waals surface area contributed by atoms with E-state index < -0.39 is 0 Å². The van der Waals surface area contributed by atoms with Crippen molar-refractivity contribution in [3.8, 4) is 5.88 Å². The molecule has 0 aromatic carbocycles. The number of likely N-dealkylation sites (tertiary alicyclic amines) is 1. The first kappa shape index (κ1) is 18.7. The van der Waals surface area contributed by atoms with E-state index in [2.05, 4.69) is 10.3 Å². The van der Waals surface area contributed by atoms with Crippen molar-refractivity contribution in [2.45, 2.75) is 71.1 Å². The van der Waals surface area contributed by atoms with Gasteiger partial charge in [0.2, 0.25) is 17.7 Å². The van der Waals surface area contributed by atoms with Crippen LogP contribution in [0.1, 0.15) is 57.9 Å². The van der Waals surface area contributed by atoms with Crippen molar-refractivity contribution in [2.75, 3.05) is 6.54 Å². The number of aromatic nitrogens is 1. The maximum absolute atomic E-state index is 12.6. The molecular weight excluding hydrogens is 330 g/mol. The van der Waals surface area contributed by atoms with Gasteiger partial charge in [-0.1, -0.05) is 13.8 Å². The summed E-state index contributed by atoms with van der Waals surface area (Å²) < 4.78 is 5.92. The van der Waals surface area contributed by atoms with Crippen LogP contribution in [0.5, 0.6) is 5.88 Å². The maximum Gasteiger partial charge on any atom is 0.243 e. The highest BCUT2D eigenvalue weighted by molar-refractivity contribution is 5.88. The van der Waals surface area contributed by atoms with Crippen LogP contribution in [0.25, 0.3) is 0 Å². The molecule has 0 radical (unpaired) electrons. The Morgan fingerprint density at radius 2 is 2.04 bits per heavy atom. The monoisotopic (exact) mass is 359 g/mol. The van der Waals surface area contributed by atoms with Crippen LogP contribution < -0.4 is 10.1 Å². The van der Waals surface area contributed by atoms with Crippen LogP contribution in [0, 0.1) is 5.92 Å². The number of hydrogen-bond acceptors (Lipinski definition) is 4. The maximum atomic E-state index is 12.6.